The van der Waals surface area contributed by atoms with Crippen molar-refractivity contribution in [1.29, 1.82) is 0 Å². The Hall–Kier alpha value is -2.33. The zero-order valence-electron chi connectivity index (χ0n) is 18.0. The van der Waals surface area contributed by atoms with Gasteiger partial charge in [0.15, 0.2) is 0 Å². The molecule has 2 aliphatic heterocycles. The minimum atomic E-state index is 0.124. The number of carbonyl (C=O) groups is 1. The summed E-state index contributed by atoms with van der Waals surface area (Å²) in [5.74, 6) is 1.39. The van der Waals surface area contributed by atoms with Crippen LogP contribution in [0.15, 0.2) is 54.6 Å². The monoisotopic (exact) mass is 406 g/mol. The highest BCUT2D eigenvalue weighted by Gasteiger charge is 2.23. The Morgan fingerprint density at radius 1 is 0.900 bits per heavy atom. The number of hydrogen-bond acceptors (Lipinski definition) is 3. The molecule has 1 unspecified atom stereocenters. The van der Waals surface area contributed by atoms with Crippen LogP contribution in [0.1, 0.15) is 48.0 Å². The van der Waals surface area contributed by atoms with Crippen molar-refractivity contribution in [3.63, 3.8) is 0 Å². The maximum absolute atomic E-state index is 13.0. The van der Waals surface area contributed by atoms with E-state index in [4.69, 9.17) is 4.74 Å². The summed E-state index contributed by atoms with van der Waals surface area (Å²) in [6.07, 6.45) is 6.96. The minimum absolute atomic E-state index is 0.124. The number of nitrogens with zero attached hydrogens (tertiary/aromatic N) is 2. The molecule has 0 bridgehead atoms. The normalized spacial score (nSPS) is 20.1. The molecule has 2 aromatic carbocycles. The highest BCUT2D eigenvalue weighted by atomic mass is 16.5. The number of para-hydroxylation sites is 1. The predicted molar refractivity (Wildman–Crippen MR) is 121 cm³/mol. The lowest BCUT2D eigenvalue weighted by Crippen LogP contribution is -2.39. The van der Waals surface area contributed by atoms with E-state index in [1.54, 1.807) is 0 Å². The Morgan fingerprint density at radius 2 is 1.67 bits per heavy atom. The van der Waals surface area contributed by atoms with E-state index < -0.39 is 0 Å². The molecule has 0 saturated carbocycles. The molecular formula is C26H34N2O2. The molecule has 0 radical (unpaired) electrons. The first-order chi connectivity index (χ1) is 14.8. The van der Waals surface area contributed by atoms with Crippen LogP contribution in [0.3, 0.4) is 0 Å². The van der Waals surface area contributed by atoms with Crippen LogP contribution < -0.4 is 4.74 Å². The van der Waals surface area contributed by atoms with Gasteiger partial charge in [-0.15, -0.1) is 0 Å². The van der Waals surface area contributed by atoms with Gasteiger partial charge in [0.05, 0.1) is 12.2 Å². The van der Waals surface area contributed by atoms with E-state index in [9.17, 15) is 4.79 Å². The van der Waals surface area contributed by atoms with Crippen molar-refractivity contribution < 1.29 is 9.53 Å². The molecule has 30 heavy (non-hydrogen) atoms. The maximum Gasteiger partial charge on any atom is 0.257 e. The van der Waals surface area contributed by atoms with Gasteiger partial charge in [-0.2, -0.15) is 0 Å². The van der Waals surface area contributed by atoms with E-state index in [0.717, 1.165) is 56.8 Å². The number of ether oxygens (including phenoxy) is 1. The molecule has 1 amide bonds. The highest BCUT2D eigenvalue weighted by molar-refractivity contribution is 5.97. The fourth-order valence-corrected chi connectivity index (χ4v) is 4.67. The van der Waals surface area contributed by atoms with E-state index in [1.165, 1.54) is 31.4 Å². The van der Waals surface area contributed by atoms with E-state index in [1.807, 2.05) is 29.2 Å². The predicted octanol–water partition coefficient (Wildman–Crippen LogP) is 4.65. The SMILES string of the molecule is O=C(c1ccccc1OCC1CCCN(CCc2ccccc2)C1)N1CCCCC1. The molecule has 2 fully saturated rings. The molecule has 0 aliphatic carbocycles. The number of hydrogen-bond donors (Lipinski definition) is 0. The van der Waals surface area contributed by atoms with Gasteiger partial charge in [-0.3, -0.25) is 4.79 Å². The van der Waals surface area contributed by atoms with Crippen molar-refractivity contribution in [1.82, 2.24) is 9.80 Å². The Kier molecular flexibility index (Phi) is 7.41. The second kappa shape index (κ2) is 10.6. The molecular weight excluding hydrogens is 372 g/mol. The summed E-state index contributed by atoms with van der Waals surface area (Å²) in [4.78, 5) is 17.5. The molecule has 2 aromatic rings. The Balaban J connectivity index is 1.30. The lowest BCUT2D eigenvalue weighted by atomic mass is 9.98. The molecule has 0 spiro atoms. The Bertz CT molecular complexity index is 802. The molecule has 2 aliphatic rings. The van der Waals surface area contributed by atoms with Gasteiger partial charge in [-0.05, 0) is 62.8 Å². The number of carbonyl (C=O) groups excluding carboxylic acids is 1. The zero-order valence-corrected chi connectivity index (χ0v) is 18.0. The summed E-state index contributed by atoms with van der Waals surface area (Å²) >= 11 is 0. The fraction of sp³-hybridized carbons (Fsp3) is 0.500. The van der Waals surface area contributed by atoms with Crippen LogP contribution in [0, 0.1) is 5.92 Å². The van der Waals surface area contributed by atoms with Crippen LogP contribution in [0.5, 0.6) is 5.75 Å². The van der Waals surface area contributed by atoms with Crippen molar-refractivity contribution in [3.8, 4) is 5.75 Å². The second-order valence-corrected chi connectivity index (χ2v) is 8.70. The minimum Gasteiger partial charge on any atom is -0.492 e. The number of piperidine rings is 2. The van der Waals surface area contributed by atoms with Crippen LogP contribution in [-0.4, -0.2) is 55.0 Å². The third-order valence-corrected chi connectivity index (χ3v) is 6.40. The summed E-state index contributed by atoms with van der Waals surface area (Å²) in [6, 6.07) is 18.5. The van der Waals surface area contributed by atoms with Gasteiger partial charge in [0, 0.05) is 32.1 Å². The van der Waals surface area contributed by atoms with Gasteiger partial charge in [0.2, 0.25) is 0 Å². The number of amides is 1. The summed E-state index contributed by atoms with van der Waals surface area (Å²) in [5, 5.41) is 0. The largest absolute Gasteiger partial charge is 0.492 e. The zero-order chi connectivity index (χ0) is 20.6. The van der Waals surface area contributed by atoms with Crippen molar-refractivity contribution in [2.45, 2.75) is 38.5 Å². The van der Waals surface area contributed by atoms with Gasteiger partial charge in [-0.1, -0.05) is 42.5 Å². The molecule has 0 aromatic heterocycles. The molecule has 4 nitrogen and oxygen atoms in total. The number of benzene rings is 2. The first kappa shape index (κ1) is 20.9. The first-order valence-corrected chi connectivity index (χ1v) is 11.6. The lowest BCUT2D eigenvalue weighted by molar-refractivity contribution is 0.0716. The molecule has 2 heterocycles. The summed E-state index contributed by atoms with van der Waals surface area (Å²) in [6.45, 7) is 5.78. The van der Waals surface area contributed by atoms with Crippen LogP contribution >= 0.6 is 0 Å². The second-order valence-electron chi connectivity index (χ2n) is 8.70. The first-order valence-electron chi connectivity index (χ1n) is 11.6. The van der Waals surface area contributed by atoms with Crippen LogP contribution in [0.25, 0.3) is 0 Å². The van der Waals surface area contributed by atoms with Crippen LogP contribution in [0.4, 0.5) is 0 Å². The quantitative estimate of drug-likeness (QED) is 0.671. The van der Waals surface area contributed by atoms with Gasteiger partial charge in [-0.25, -0.2) is 0 Å². The summed E-state index contributed by atoms with van der Waals surface area (Å²) in [5.41, 5.74) is 2.12. The molecule has 160 valence electrons. The average Bonchev–Trinajstić information content (AvgIpc) is 2.83. The highest BCUT2D eigenvalue weighted by Crippen LogP contribution is 2.24. The fourth-order valence-electron chi connectivity index (χ4n) is 4.67. The topological polar surface area (TPSA) is 32.8 Å². The van der Waals surface area contributed by atoms with E-state index in [2.05, 4.69) is 35.2 Å². The Labute approximate surface area is 180 Å². The van der Waals surface area contributed by atoms with Crippen LogP contribution in [-0.2, 0) is 6.42 Å². The van der Waals surface area contributed by atoms with Gasteiger partial charge in [0.1, 0.15) is 5.75 Å². The Morgan fingerprint density at radius 3 is 2.50 bits per heavy atom. The van der Waals surface area contributed by atoms with Crippen LogP contribution in [0.2, 0.25) is 0 Å². The van der Waals surface area contributed by atoms with E-state index >= 15 is 0 Å². The smallest absolute Gasteiger partial charge is 0.257 e. The molecule has 0 N–H and O–H groups in total. The maximum atomic E-state index is 13.0. The molecule has 2 saturated heterocycles. The molecule has 1 atom stereocenters. The van der Waals surface area contributed by atoms with Gasteiger partial charge >= 0.3 is 0 Å². The average molecular weight is 407 g/mol. The third-order valence-electron chi connectivity index (χ3n) is 6.40. The van der Waals surface area contributed by atoms with Crippen molar-refractivity contribution in [2.75, 3.05) is 39.3 Å². The molecule has 4 heteroatoms. The van der Waals surface area contributed by atoms with Crippen molar-refractivity contribution in [3.05, 3.63) is 65.7 Å². The van der Waals surface area contributed by atoms with E-state index in [-0.39, 0.29) is 5.91 Å². The van der Waals surface area contributed by atoms with Crippen molar-refractivity contribution >= 4 is 5.91 Å². The molecule has 4 rings (SSSR count). The van der Waals surface area contributed by atoms with Crippen molar-refractivity contribution in [2.24, 2.45) is 5.92 Å². The van der Waals surface area contributed by atoms with Gasteiger partial charge < -0.3 is 14.5 Å². The third kappa shape index (κ3) is 5.63. The van der Waals surface area contributed by atoms with Gasteiger partial charge in [0.25, 0.3) is 5.91 Å². The lowest BCUT2D eigenvalue weighted by Gasteiger charge is -2.33. The summed E-state index contributed by atoms with van der Waals surface area (Å²) < 4.78 is 6.23. The van der Waals surface area contributed by atoms with E-state index in [0.29, 0.717) is 12.5 Å². The summed E-state index contributed by atoms with van der Waals surface area (Å²) in [7, 11) is 0. The number of rotatable bonds is 7. The standard InChI is InChI=1S/C26H34N2O2/c29-26(28-17-7-2-8-18-28)24-13-5-6-14-25(24)30-21-23-12-9-16-27(20-23)19-15-22-10-3-1-4-11-22/h1,3-6,10-11,13-14,23H,2,7-9,12,15-21H2. The number of likely N-dealkylation sites (tertiary alicyclic amines) is 2.